The van der Waals surface area contributed by atoms with Crippen molar-refractivity contribution in [3.8, 4) is 5.75 Å². The smallest absolute Gasteiger partial charge is 0.193 e. The minimum Gasteiger partial charge on any atom is -0.496 e. The molecule has 0 radical (unpaired) electrons. The van der Waals surface area contributed by atoms with Gasteiger partial charge in [0, 0.05) is 45.3 Å². The first-order chi connectivity index (χ1) is 12.7. The van der Waals surface area contributed by atoms with E-state index in [9.17, 15) is 0 Å². The number of aryl methyl sites for hydroxylation is 1. The highest BCUT2D eigenvalue weighted by Gasteiger charge is 2.29. The van der Waals surface area contributed by atoms with Gasteiger partial charge in [-0.05, 0) is 43.9 Å². The van der Waals surface area contributed by atoms with Crippen LogP contribution in [0.4, 0.5) is 0 Å². The predicted molar refractivity (Wildman–Crippen MR) is 124 cm³/mol. The lowest BCUT2D eigenvalue weighted by atomic mass is 10.1. The van der Waals surface area contributed by atoms with E-state index in [4.69, 9.17) is 9.73 Å². The van der Waals surface area contributed by atoms with E-state index in [1.165, 1.54) is 17.5 Å². The average Bonchev–Trinajstić information content (AvgIpc) is 3.34. The first-order valence-corrected chi connectivity index (χ1v) is 9.77. The number of halogens is 1. The Morgan fingerprint density at radius 1 is 1.30 bits per heavy atom. The molecule has 1 aromatic carbocycles. The van der Waals surface area contributed by atoms with Gasteiger partial charge in [0.15, 0.2) is 5.96 Å². The Kier molecular flexibility index (Phi) is 8.89. The normalized spacial score (nSPS) is 20.0. The van der Waals surface area contributed by atoms with Gasteiger partial charge in [-0.1, -0.05) is 24.3 Å². The van der Waals surface area contributed by atoms with Crippen molar-refractivity contribution in [3.63, 3.8) is 0 Å². The van der Waals surface area contributed by atoms with Crippen molar-refractivity contribution in [3.05, 3.63) is 41.5 Å². The Balaban J connectivity index is 0.00000261. The molecule has 150 valence electrons. The number of methoxy groups -OCH3 is 1. The van der Waals surface area contributed by atoms with Gasteiger partial charge in [-0.3, -0.25) is 9.89 Å². The topological polar surface area (TPSA) is 40.1 Å². The zero-order valence-electron chi connectivity index (χ0n) is 16.8. The van der Waals surface area contributed by atoms with E-state index in [0.29, 0.717) is 6.04 Å². The standard InChI is InChI=1S/C21H32N4O.HI/c1-4-22-21(25-14-10-19(16-25)24-12-5-6-13-24)23-11-9-18-8-7-17(2)20(15-18)26-3;/h5-8,15,19H,4,9-14,16H2,1-3H3,(H,22,23);1H. The molecule has 1 atom stereocenters. The van der Waals surface area contributed by atoms with Gasteiger partial charge in [-0.15, -0.1) is 24.0 Å². The number of likely N-dealkylation sites (tertiary alicyclic amines) is 1. The Hall–Kier alpha value is -1.28. The molecule has 2 heterocycles. The molecule has 3 rings (SSSR count). The van der Waals surface area contributed by atoms with Gasteiger partial charge in [0.1, 0.15) is 5.75 Å². The van der Waals surface area contributed by atoms with E-state index in [1.54, 1.807) is 7.11 Å². The molecule has 5 nitrogen and oxygen atoms in total. The molecule has 0 spiro atoms. The van der Waals surface area contributed by atoms with Gasteiger partial charge >= 0.3 is 0 Å². The maximum Gasteiger partial charge on any atom is 0.193 e. The molecule has 2 aliphatic rings. The van der Waals surface area contributed by atoms with Crippen molar-refractivity contribution in [2.45, 2.75) is 32.7 Å². The van der Waals surface area contributed by atoms with Crippen LogP contribution in [0.15, 0.2) is 35.3 Å². The van der Waals surface area contributed by atoms with E-state index in [-0.39, 0.29) is 24.0 Å². The van der Waals surface area contributed by atoms with Crippen LogP contribution in [0.25, 0.3) is 0 Å². The Labute approximate surface area is 180 Å². The fourth-order valence-corrected chi connectivity index (χ4v) is 3.76. The summed E-state index contributed by atoms with van der Waals surface area (Å²) in [6.45, 7) is 10.3. The largest absolute Gasteiger partial charge is 0.496 e. The van der Waals surface area contributed by atoms with Gasteiger partial charge in [-0.25, -0.2) is 0 Å². The maximum atomic E-state index is 5.43. The van der Waals surface area contributed by atoms with E-state index < -0.39 is 0 Å². The number of benzene rings is 1. The highest BCUT2D eigenvalue weighted by molar-refractivity contribution is 14.0. The fourth-order valence-electron chi connectivity index (χ4n) is 3.76. The molecule has 27 heavy (non-hydrogen) atoms. The summed E-state index contributed by atoms with van der Waals surface area (Å²) in [6, 6.07) is 7.07. The highest BCUT2D eigenvalue weighted by atomic mass is 127. The summed E-state index contributed by atoms with van der Waals surface area (Å²) < 4.78 is 5.43. The number of aliphatic imine (C=N–C) groups is 1. The van der Waals surface area contributed by atoms with Gasteiger partial charge < -0.3 is 15.0 Å². The first-order valence-electron chi connectivity index (χ1n) is 9.77. The second-order valence-electron chi connectivity index (χ2n) is 7.10. The number of hydrogen-bond donors (Lipinski definition) is 1. The zero-order valence-corrected chi connectivity index (χ0v) is 19.1. The molecule has 1 fully saturated rings. The molecule has 0 aliphatic carbocycles. The number of guanidine groups is 1. The summed E-state index contributed by atoms with van der Waals surface area (Å²) in [7, 11) is 1.73. The van der Waals surface area contributed by atoms with Crippen molar-refractivity contribution in [2.75, 3.05) is 46.4 Å². The van der Waals surface area contributed by atoms with Crippen LogP contribution < -0.4 is 10.1 Å². The molecule has 6 heteroatoms. The van der Waals surface area contributed by atoms with Crippen LogP contribution in [0, 0.1) is 6.92 Å². The number of hydrogen-bond acceptors (Lipinski definition) is 3. The molecule has 0 amide bonds. The first kappa shape index (κ1) is 22.0. The SMILES string of the molecule is CCNC(=NCCc1ccc(C)c(OC)c1)N1CCC(N2CC=CC2)C1.I. The highest BCUT2D eigenvalue weighted by Crippen LogP contribution is 2.20. The Bertz CT molecular complexity index is 654. The van der Waals surface area contributed by atoms with Gasteiger partial charge in [0.25, 0.3) is 0 Å². The van der Waals surface area contributed by atoms with Gasteiger partial charge in [0.05, 0.1) is 7.11 Å². The maximum absolute atomic E-state index is 5.43. The minimum atomic E-state index is 0. The number of nitrogens with one attached hydrogen (secondary N) is 1. The fraction of sp³-hybridized carbons (Fsp3) is 0.571. The third kappa shape index (κ3) is 5.85. The van der Waals surface area contributed by atoms with E-state index in [1.807, 2.05) is 0 Å². The van der Waals surface area contributed by atoms with Crippen molar-refractivity contribution < 1.29 is 4.74 Å². The molecule has 1 aromatic rings. The lowest BCUT2D eigenvalue weighted by Gasteiger charge is -2.25. The molecule has 0 saturated carbocycles. The lowest BCUT2D eigenvalue weighted by Crippen LogP contribution is -2.43. The van der Waals surface area contributed by atoms with Crippen molar-refractivity contribution in [2.24, 2.45) is 4.99 Å². The average molecular weight is 484 g/mol. The van der Waals surface area contributed by atoms with Crippen molar-refractivity contribution >= 4 is 29.9 Å². The van der Waals surface area contributed by atoms with Crippen molar-refractivity contribution in [1.29, 1.82) is 0 Å². The summed E-state index contributed by atoms with van der Waals surface area (Å²) in [4.78, 5) is 9.86. The molecule has 2 aliphatic heterocycles. The molecule has 1 saturated heterocycles. The number of rotatable bonds is 6. The lowest BCUT2D eigenvalue weighted by molar-refractivity contribution is 0.259. The summed E-state index contributed by atoms with van der Waals surface area (Å²) >= 11 is 0. The second-order valence-corrected chi connectivity index (χ2v) is 7.10. The van der Waals surface area contributed by atoms with Crippen LogP contribution in [-0.2, 0) is 6.42 Å². The Morgan fingerprint density at radius 3 is 2.78 bits per heavy atom. The summed E-state index contributed by atoms with van der Waals surface area (Å²) in [5, 5.41) is 3.47. The molecular formula is C21H33IN4O. The van der Waals surface area contributed by atoms with Crippen molar-refractivity contribution in [1.82, 2.24) is 15.1 Å². The molecule has 1 N–H and O–H groups in total. The third-order valence-corrected chi connectivity index (χ3v) is 5.30. The van der Waals surface area contributed by atoms with E-state index in [0.717, 1.165) is 57.4 Å². The minimum absolute atomic E-state index is 0. The van der Waals surface area contributed by atoms with Crippen LogP contribution >= 0.6 is 24.0 Å². The molecule has 0 bridgehead atoms. The second kappa shape index (κ2) is 10.9. The number of nitrogens with zero attached hydrogens (tertiary/aromatic N) is 3. The quantitative estimate of drug-likeness (QED) is 0.292. The molecular weight excluding hydrogens is 451 g/mol. The predicted octanol–water partition coefficient (Wildman–Crippen LogP) is 3.08. The van der Waals surface area contributed by atoms with Gasteiger partial charge in [-0.2, -0.15) is 0 Å². The monoisotopic (exact) mass is 484 g/mol. The van der Waals surface area contributed by atoms with E-state index >= 15 is 0 Å². The summed E-state index contributed by atoms with van der Waals surface area (Å²) in [5.74, 6) is 2.02. The van der Waals surface area contributed by atoms with Crippen LogP contribution in [-0.4, -0.2) is 68.2 Å². The molecule has 1 unspecified atom stereocenters. The summed E-state index contributed by atoms with van der Waals surface area (Å²) in [6.07, 6.45) is 6.70. The molecule has 0 aromatic heterocycles. The third-order valence-electron chi connectivity index (χ3n) is 5.30. The van der Waals surface area contributed by atoms with Crippen LogP contribution in [0.3, 0.4) is 0 Å². The zero-order chi connectivity index (χ0) is 18.4. The van der Waals surface area contributed by atoms with Crippen LogP contribution in [0.2, 0.25) is 0 Å². The van der Waals surface area contributed by atoms with Gasteiger partial charge in [0.2, 0.25) is 0 Å². The van der Waals surface area contributed by atoms with E-state index in [2.05, 4.69) is 59.3 Å². The van der Waals surface area contributed by atoms with Crippen LogP contribution in [0.1, 0.15) is 24.5 Å². The number of ether oxygens (including phenoxy) is 1. The van der Waals surface area contributed by atoms with Crippen LogP contribution in [0.5, 0.6) is 5.75 Å². The summed E-state index contributed by atoms with van der Waals surface area (Å²) in [5.41, 5.74) is 2.45. The Morgan fingerprint density at radius 2 is 2.07 bits per heavy atom.